The number of nitrogens with zero attached hydrogens (tertiary/aromatic N) is 3. The summed E-state index contributed by atoms with van der Waals surface area (Å²) in [5.74, 6) is -0.610. The molecule has 0 aromatic heterocycles. The summed E-state index contributed by atoms with van der Waals surface area (Å²) in [7, 11) is 1.45. The number of carbonyl (C=O) groups is 2. The number of nitrogens with one attached hydrogen (secondary N) is 1. The molecule has 6 nitrogen and oxygen atoms in total. The number of rotatable bonds is 4. The Labute approximate surface area is 184 Å². The summed E-state index contributed by atoms with van der Waals surface area (Å²) >= 11 is 0. The summed E-state index contributed by atoms with van der Waals surface area (Å²) in [6.07, 6.45) is -4.54. The van der Waals surface area contributed by atoms with E-state index in [1.165, 1.54) is 18.0 Å². The number of likely N-dealkylation sites (N-methyl/N-ethyl adjacent to an activating group) is 1. The second-order valence-electron chi connectivity index (χ2n) is 7.61. The fourth-order valence-electron chi connectivity index (χ4n) is 3.84. The zero-order valence-electron chi connectivity index (χ0n) is 17.7. The first-order valence-electron chi connectivity index (χ1n) is 10.1. The van der Waals surface area contributed by atoms with Gasteiger partial charge in [0.25, 0.3) is 0 Å². The Balaban J connectivity index is 1.85. The van der Waals surface area contributed by atoms with Crippen LogP contribution in [0.15, 0.2) is 42.5 Å². The lowest BCUT2D eigenvalue weighted by atomic mass is 10.0. The molecule has 0 aliphatic carbocycles. The topological polar surface area (TPSA) is 76.4 Å². The zero-order valence-corrected chi connectivity index (χ0v) is 17.7. The maximum atomic E-state index is 13.4. The molecule has 2 amide bonds. The van der Waals surface area contributed by atoms with Crippen molar-refractivity contribution in [1.29, 1.82) is 5.26 Å². The van der Waals surface area contributed by atoms with Crippen molar-refractivity contribution in [2.24, 2.45) is 0 Å². The third kappa shape index (κ3) is 4.85. The predicted octanol–water partition coefficient (Wildman–Crippen LogP) is 2.89. The van der Waals surface area contributed by atoms with Crippen LogP contribution in [0.5, 0.6) is 0 Å². The van der Waals surface area contributed by atoms with Crippen LogP contribution in [0.4, 0.5) is 18.9 Å². The monoisotopic (exact) mass is 444 g/mol. The molecule has 168 valence electrons. The maximum absolute atomic E-state index is 13.4. The van der Waals surface area contributed by atoms with E-state index in [0.29, 0.717) is 0 Å². The van der Waals surface area contributed by atoms with Crippen LogP contribution in [0.2, 0.25) is 0 Å². The Bertz CT molecular complexity index is 1060. The van der Waals surface area contributed by atoms with Crippen LogP contribution in [-0.2, 0) is 22.2 Å². The van der Waals surface area contributed by atoms with Crippen LogP contribution in [0, 0.1) is 18.3 Å². The number of nitriles is 1. The van der Waals surface area contributed by atoms with Gasteiger partial charge in [-0.25, -0.2) is 0 Å². The van der Waals surface area contributed by atoms with Gasteiger partial charge in [0.2, 0.25) is 11.8 Å². The maximum Gasteiger partial charge on any atom is 0.417 e. The molecule has 2 aromatic rings. The third-order valence-electron chi connectivity index (χ3n) is 5.65. The zero-order chi connectivity index (χ0) is 23.5. The number of amides is 2. The quantitative estimate of drug-likeness (QED) is 0.787. The molecule has 2 aromatic carbocycles. The minimum Gasteiger partial charge on any atom is -0.367 e. The lowest BCUT2D eigenvalue weighted by molar-refractivity contribution is -0.140. The van der Waals surface area contributed by atoms with Gasteiger partial charge in [-0.3, -0.25) is 9.59 Å². The van der Waals surface area contributed by atoms with Crippen molar-refractivity contribution in [2.45, 2.75) is 25.6 Å². The third-order valence-corrected chi connectivity index (χ3v) is 5.65. The van der Waals surface area contributed by atoms with Gasteiger partial charge in [0.15, 0.2) is 0 Å². The van der Waals surface area contributed by atoms with Crippen LogP contribution >= 0.6 is 0 Å². The fourth-order valence-corrected chi connectivity index (χ4v) is 3.84. The average molecular weight is 444 g/mol. The molecule has 1 aliphatic rings. The van der Waals surface area contributed by atoms with Gasteiger partial charge in [-0.05, 0) is 36.2 Å². The second-order valence-corrected chi connectivity index (χ2v) is 7.61. The summed E-state index contributed by atoms with van der Waals surface area (Å²) in [5, 5.41) is 11.5. The van der Waals surface area contributed by atoms with E-state index in [-0.39, 0.29) is 37.6 Å². The number of carbonyl (C=O) groups excluding carboxylic acids is 2. The second kappa shape index (κ2) is 9.30. The molecule has 9 heteroatoms. The van der Waals surface area contributed by atoms with E-state index in [1.807, 2.05) is 31.2 Å². The van der Waals surface area contributed by atoms with E-state index < -0.39 is 29.3 Å². The van der Waals surface area contributed by atoms with E-state index in [9.17, 15) is 22.8 Å². The van der Waals surface area contributed by atoms with Crippen LogP contribution in [-0.4, -0.2) is 49.4 Å². The van der Waals surface area contributed by atoms with Crippen molar-refractivity contribution in [3.8, 4) is 6.07 Å². The van der Waals surface area contributed by atoms with Gasteiger partial charge >= 0.3 is 6.18 Å². The number of halogens is 3. The Morgan fingerprint density at radius 3 is 2.53 bits per heavy atom. The highest BCUT2D eigenvalue weighted by Gasteiger charge is 2.37. The highest BCUT2D eigenvalue weighted by Crippen LogP contribution is 2.35. The van der Waals surface area contributed by atoms with Crippen molar-refractivity contribution < 1.29 is 22.8 Å². The fraction of sp³-hybridized carbons (Fsp3) is 0.348. The minimum absolute atomic E-state index is 0.0440. The van der Waals surface area contributed by atoms with Crippen molar-refractivity contribution in [2.75, 3.05) is 31.6 Å². The van der Waals surface area contributed by atoms with E-state index in [0.717, 1.165) is 23.3 Å². The Morgan fingerprint density at radius 2 is 1.91 bits per heavy atom. The smallest absolute Gasteiger partial charge is 0.367 e. The molecule has 1 N–H and O–H groups in total. The Morgan fingerprint density at radius 1 is 1.19 bits per heavy atom. The van der Waals surface area contributed by atoms with E-state index >= 15 is 0 Å². The average Bonchev–Trinajstić information content (AvgIpc) is 2.78. The first-order chi connectivity index (χ1) is 15.2. The van der Waals surface area contributed by atoms with Crippen LogP contribution in [0.1, 0.15) is 22.3 Å². The van der Waals surface area contributed by atoms with Crippen LogP contribution in [0.25, 0.3) is 0 Å². The number of piperazine rings is 1. The van der Waals surface area contributed by atoms with Crippen molar-refractivity contribution in [3.05, 3.63) is 64.7 Å². The van der Waals surface area contributed by atoms with E-state index in [4.69, 9.17) is 5.26 Å². The number of hydrogen-bond acceptors (Lipinski definition) is 4. The Hall–Kier alpha value is -3.54. The first kappa shape index (κ1) is 23.1. The summed E-state index contributed by atoms with van der Waals surface area (Å²) < 4.78 is 40.1. The van der Waals surface area contributed by atoms with Crippen molar-refractivity contribution in [1.82, 2.24) is 10.2 Å². The molecule has 0 radical (unpaired) electrons. The van der Waals surface area contributed by atoms with Gasteiger partial charge in [0.1, 0.15) is 6.04 Å². The highest BCUT2D eigenvalue weighted by atomic mass is 19.4. The molecule has 1 atom stereocenters. The molecule has 32 heavy (non-hydrogen) atoms. The van der Waals surface area contributed by atoms with Crippen molar-refractivity contribution in [3.63, 3.8) is 0 Å². The number of benzene rings is 2. The molecule has 1 saturated heterocycles. The van der Waals surface area contributed by atoms with E-state index in [2.05, 4.69) is 5.32 Å². The molecular weight excluding hydrogens is 421 g/mol. The summed E-state index contributed by atoms with van der Waals surface area (Å²) in [5.41, 5.74) is 0.588. The molecule has 1 unspecified atom stereocenters. The summed E-state index contributed by atoms with van der Waals surface area (Å²) in [6.45, 7) is 2.39. The Kier molecular flexibility index (Phi) is 6.72. The lowest BCUT2D eigenvalue weighted by Gasteiger charge is -2.41. The summed E-state index contributed by atoms with van der Waals surface area (Å²) in [6, 6.07) is 11.7. The molecular formula is C23H23F3N4O2. The number of aryl methyl sites for hydroxylation is 1. The minimum atomic E-state index is -4.67. The van der Waals surface area contributed by atoms with Crippen LogP contribution in [0.3, 0.4) is 0 Å². The van der Waals surface area contributed by atoms with Gasteiger partial charge in [0.05, 0.1) is 23.6 Å². The van der Waals surface area contributed by atoms with Gasteiger partial charge in [-0.2, -0.15) is 18.4 Å². The van der Waals surface area contributed by atoms with E-state index in [1.54, 1.807) is 11.0 Å². The molecule has 0 spiro atoms. The van der Waals surface area contributed by atoms with Gasteiger partial charge < -0.3 is 15.1 Å². The molecule has 1 heterocycles. The molecule has 1 fully saturated rings. The van der Waals surface area contributed by atoms with Gasteiger partial charge in [-0.15, -0.1) is 0 Å². The standard InChI is InChI=1S/C23H23F3N4O2/c1-15-5-3-4-6-16(15)11-21(31)30-10-9-29(14-20(30)22(32)28-2)18-8-7-17(13-27)19(12-18)23(24,25)26/h3-8,12,20H,9-11,14H2,1-2H3,(H,28,32). The number of hydrogen-bond donors (Lipinski definition) is 1. The van der Waals surface area contributed by atoms with Gasteiger partial charge in [0, 0.05) is 32.4 Å². The molecule has 1 aliphatic heterocycles. The SMILES string of the molecule is CNC(=O)C1CN(c2ccc(C#N)c(C(F)(F)F)c2)CCN1C(=O)Cc1ccccc1C. The molecule has 0 bridgehead atoms. The summed E-state index contributed by atoms with van der Waals surface area (Å²) in [4.78, 5) is 28.7. The highest BCUT2D eigenvalue weighted by molar-refractivity contribution is 5.89. The predicted molar refractivity (Wildman–Crippen MR) is 113 cm³/mol. The molecule has 3 rings (SSSR count). The number of anilines is 1. The van der Waals surface area contributed by atoms with Gasteiger partial charge in [-0.1, -0.05) is 24.3 Å². The largest absolute Gasteiger partial charge is 0.417 e. The first-order valence-corrected chi connectivity index (χ1v) is 10.1. The molecule has 0 saturated carbocycles. The number of alkyl halides is 3. The van der Waals surface area contributed by atoms with Crippen LogP contribution < -0.4 is 10.2 Å². The lowest BCUT2D eigenvalue weighted by Crippen LogP contribution is -2.60. The van der Waals surface area contributed by atoms with Crippen molar-refractivity contribution >= 4 is 17.5 Å². The normalized spacial score (nSPS) is 16.4.